The molecule has 0 unspecified atom stereocenters. The van der Waals surface area contributed by atoms with E-state index in [-0.39, 0.29) is 23.9 Å². The predicted octanol–water partition coefficient (Wildman–Crippen LogP) is 5.45. The second kappa shape index (κ2) is 12.6. The number of rotatable bonds is 11. The molecule has 0 aliphatic heterocycles. The molecule has 0 radical (unpaired) electrons. The maximum absolute atomic E-state index is 14.9. The van der Waals surface area contributed by atoms with Crippen molar-refractivity contribution in [2.45, 2.75) is 62.9 Å². The van der Waals surface area contributed by atoms with Gasteiger partial charge in [0.05, 0.1) is 11.9 Å². The van der Waals surface area contributed by atoms with Crippen LogP contribution >= 0.6 is 0 Å². The lowest BCUT2D eigenvalue weighted by Crippen LogP contribution is -2.53. The van der Waals surface area contributed by atoms with E-state index in [1.807, 2.05) is 54.6 Å². The zero-order valence-electron chi connectivity index (χ0n) is 26.0. The van der Waals surface area contributed by atoms with Crippen LogP contribution in [0.4, 0.5) is 10.1 Å². The first-order valence-electron chi connectivity index (χ1n) is 15.9. The molecule has 2 amide bonds. The van der Waals surface area contributed by atoms with Crippen molar-refractivity contribution < 1.29 is 22.4 Å². The van der Waals surface area contributed by atoms with Gasteiger partial charge in [-0.25, -0.2) is 12.8 Å². The van der Waals surface area contributed by atoms with Crippen molar-refractivity contribution in [1.29, 1.82) is 0 Å². The Morgan fingerprint density at radius 2 is 1.47 bits per heavy atom. The largest absolute Gasteiger partial charge is 0.357 e. The van der Waals surface area contributed by atoms with Crippen molar-refractivity contribution >= 4 is 27.5 Å². The number of anilines is 1. The van der Waals surface area contributed by atoms with Gasteiger partial charge < -0.3 is 10.2 Å². The van der Waals surface area contributed by atoms with E-state index < -0.39 is 40.2 Å². The molecule has 0 saturated heterocycles. The second-order valence-electron chi connectivity index (χ2n) is 13.4. The summed E-state index contributed by atoms with van der Waals surface area (Å²) in [7, 11) is -2.40. The van der Waals surface area contributed by atoms with E-state index >= 15 is 0 Å². The molecule has 4 aliphatic rings. The highest BCUT2D eigenvalue weighted by atomic mass is 32.2. The molecule has 4 fully saturated rings. The first-order chi connectivity index (χ1) is 21.5. The van der Waals surface area contributed by atoms with Gasteiger partial charge in [0.1, 0.15) is 18.4 Å². The van der Waals surface area contributed by atoms with Gasteiger partial charge in [0.2, 0.25) is 21.8 Å². The highest BCUT2D eigenvalue weighted by Crippen LogP contribution is 2.60. The van der Waals surface area contributed by atoms with Gasteiger partial charge in [-0.05, 0) is 91.0 Å². The van der Waals surface area contributed by atoms with Gasteiger partial charge in [0.25, 0.3) is 0 Å². The van der Waals surface area contributed by atoms with Crippen LogP contribution in [0.25, 0.3) is 0 Å². The van der Waals surface area contributed by atoms with Crippen LogP contribution in [0.5, 0.6) is 0 Å². The highest BCUT2D eigenvalue weighted by Gasteiger charge is 2.51. The van der Waals surface area contributed by atoms with Crippen molar-refractivity contribution in [2.75, 3.05) is 24.2 Å². The fourth-order valence-corrected chi connectivity index (χ4v) is 9.44. The van der Waals surface area contributed by atoms with Crippen LogP contribution in [0.2, 0.25) is 0 Å². The minimum absolute atomic E-state index is 0.160. The third kappa shape index (κ3) is 6.64. The van der Waals surface area contributed by atoms with E-state index in [9.17, 15) is 22.4 Å². The van der Waals surface area contributed by atoms with Crippen molar-refractivity contribution in [1.82, 2.24) is 10.2 Å². The zero-order chi connectivity index (χ0) is 31.8. The monoisotopic (exact) mass is 631 g/mol. The van der Waals surface area contributed by atoms with Crippen LogP contribution in [0.15, 0.2) is 78.9 Å². The maximum Gasteiger partial charge on any atom is 0.244 e. The molecular formula is C36H42FN3O4S. The summed E-state index contributed by atoms with van der Waals surface area (Å²) in [6.07, 6.45) is 8.86. The van der Waals surface area contributed by atoms with E-state index in [1.165, 1.54) is 62.1 Å². The number of carbonyl (C=O) groups is 2. The number of hydrogen-bond acceptors (Lipinski definition) is 4. The molecule has 3 aromatic carbocycles. The number of hydrogen-bond donors (Lipinski definition) is 1. The Kier molecular flexibility index (Phi) is 8.74. The molecule has 4 aliphatic carbocycles. The number of nitrogens with one attached hydrogen (secondary N) is 1. The molecule has 1 atom stereocenters. The van der Waals surface area contributed by atoms with E-state index in [1.54, 1.807) is 18.2 Å². The van der Waals surface area contributed by atoms with Gasteiger partial charge in [-0.3, -0.25) is 13.9 Å². The Hall–Kier alpha value is -3.72. The molecule has 0 aromatic heterocycles. The number of sulfonamides is 1. The summed E-state index contributed by atoms with van der Waals surface area (Å²) >= 11 is 0. The van der Waals surface area contributed by atoms with Crippen molar-refractivity contribution in [2.24, 2.45) is 17.8 Å². The molecular weight excluding hydrogens is 589 g/mol. The number of likely N-dealkylation sites (N-methyl/N-ethyl adjacent to an activating group) is 1. The van der Waals surface area contributed by atoms with Crippen molar-refractivity contribution in [3.63, 3.8) is 0 Å². The van der Waals surface area contributed by atoms with Gasteiger partial charge in [0, 0.05) is 25.6 Å². The average molecular weight is 632 g/mol. The van der Waals surface area contributed by atoms with Gasteiger partial charge in [-0.2, -0.15) is 0 Å². The molecule has 45 heavy (non-hydrogen) atoms. The quantitative estimate of drug-likeness (QED) is 0.305. The molecule has 238 valence electrons. The smallest absolute Gasteiger partial charge is 0.244 e. The lowest BCUT2D eigenvalue weighted by Gasteiger charge is -2.57. The average Bonchev–Trinajstić information content (AvgIpc) is 3.01. The summed E-state index contributed by atoms with van der Waals surface area (Å²) < 4.78 is 42.3. The van der Waals surface area contributed by atoms with Crippen LogP contribution in [0.1, 0.15) is 55.2 Å². The van der Waals surface area contributed by atoms with Crippen LogP contribution < -0.4 is 9.62 Å². The molecule has 0 spiro atoms. The molecule has 9 heteroatoms. The lowest BCUT2D eigenvalue weighted by molar-refractivity contribution is -0.139. The summed E-state index contributed by atoms with van der Waals surface area (Å²) in [5.74, 6) is 0.820. The molecule has 7 nitrogen and oxygen atoms in total. The van der Waals surface area contributed by atoms with E-state index in [4.69, 9.17) is 0 Å². The lowest BCUT2D eigenvalue weighted by atomic mass is 9.48. The fraction of sp³-hybridized carbons (Fsp3) is 0.444. The Morgan fingerprint density at radius 1 is 0.889 bits per heavy atom. The summed E-state index contributed by atoms with van der Waals surface area (Å²) in [5, 5.41) is 2.64. The SMILES string of the molecule is CNC(=O)[C@@H](Cc1ccccc1)N(Cc1ccccc1F)C(=O)CN(c1ccc(C23CC4CC(CC(C4)C2)C3)cc1)S(C)(=O)=O. The third-order valence-electron chi connectivity index (χ3n) is 10.3. The molecule has 4 saturated carbocycles. The highest BCUT2D eigenvalue weighted by molar-refractivity contribution is 7.92. The minimum Gasteiger partial charge on any atom is -0.357 e. The Labute approximate surface area is 265 Å². The van der Waals surface area contributed by atoms with Crippen LogP contribution in [0.3, 0.4) is 0 Å². The second-order valence-corrected chi connectivity index (χ2v) is 15.4. The van der Waals surface area contributed by atoms with Crippen molar-refractivity contribution in [3.05, 3.63) is 101 Å². The maximum atomic E-state index is 14.9. The third-order valence-corrected chi connectivity index (χ3v) is 11.4. The Bertz CT molecular complexity index is 1610. The summed E-state index contributed by atoms with van der Waals surface area (Å²) in [5.41, 5.74) is 2.86. The summed E-state index contributed by atoms with van der Waals surface area (Å²) in [6, 6.07) is 22.1. The normalized spacial score (nSPS) is 24.2. The van der Waals surface area contributed by atoms with E-state index in [2.05, 4.69) is 5.32 Å². The predicted molar refractivity (Wildman–Crippen MR) is 173 cm³/mol. The van der Waals surface area contributed by atoms with E-state index in [0.29, 0.717) is 5.69 Å². The van der Waals surface area contributed by atoms with Crippen LogP contribution in [0, 0.1) is 23.6 Å². The van der Waals surface area contributed by atoms with Gasteiger partial charge >= 0.3 is 0 Å². The molecule has 1 N–H and O–H groups in total. The standard InChI is InChI=1S/C36H42FN3O4S/c1-38-35(42)33(19-25-8-4-3-5-9-25)39(23-29-10-6-7-11-32(29)37)34(41)24-40(45(2,43)44)31-14-12-30(13-15-31)36-20-26-16-27(21-36)18-28(17-26)22-36/h3-15,26-28,33H,16-24H2,1-2H3,(H,38,42)/t26?,27?,28?,33-,36?/m1/s1. The minimum atomic E-state index is -3.88. The topological polar surface area (TPSA) is 86.8 Å². The first-order valence-corrected chi connectivity index (χ1v) is 17.8. The molecule has 3 aromatic rings. The van der Waals surface area contributed by atoms with Gasteiger partial charge in [-0.1, -0.05) is 60.7 Å². The molecule has 4 bridgehead atoms. The van der Waals surface area contributed by atoms with Crippen molar-refractivity contribution in [3.8, 4) is 0 Å². The number of benzene rings is 3. The van der Waals surface area contributed by atoms with Gasteiger partial charge in [-0.15, -0.1) is 0 Å². The van der Waals surface area contributed by atoms with Crippen LogP contribution in [-0.4, -0.2) is 51.0 Å². The first kappa shape index (κ1) is 31.3. The van der Waals surface area contributed by atoms with Gasteiger partial charge in [0.15, 0.2) is 0 Å². The number of halogens is 1. The summed E-state index contributed by atoms with van der Waals surface area (Å²) in [4.78, 5) is 28.7. The fourth-order valence-electron chi connectivity index (χ4n) is 8.59. The van der Waals surface area contributed by atoms with E-state index in [0.717, 1.165) is 33.9 Å². The Balaban J connectivity index is 1.30. The molecule has 0 heterocycles. The number of amides is 2. The number of nitrogens with zero attached hydrogens (tertiary/aromatic N) is 2. The Morgan fingerprint density at radius 3 is 2.02 bits per heavy atom. The summed E-state index contributed by atoms with van der Waals surface area (Å²) in [6.45, 7) is -0.717. The zero-order valence-corrected chi connectivity index (χ0v) is 26.8. The number of carbonyl (C=O) groups excluding carboxylic acids is 2. The van der Waals surface area contributed by atoms with Crippen LogP contribution in [-0.2, 0) is 38.0 Å². The molecule has 7 rings (SSSR count).